The molecule has 11 heteroatoms. The number of carboxylic acids is 1. The Morgan fingerprint density at radius 3 is 2.90 bits per heavy atom. The van der Waals surface area contributed by atoms with Gasteiger partial charge in [-0.1, -0.05) is 0 Å². The Hall–Kier alpha value is -1.88. The highest BCUT2D eigenvalue weighted by molar-refractivity contribution is 7.90. The fourth-order valence-corrected chi connectivity index (χ4v) is 3.36. The minimum atomic E-state index is -4.01. The number of anilines is 1. The van der Waals surface area contributed by atoms with Gasteiger partial charge in [0, 0.05) is 6.54 Å². The molecule has 0 amide bonds. The molecule has 3 N–H and O–H groups in total. The van der Waals surface area contributed by atoms with Crippen molar-refractivity contribution in [3.8, 4) is 6.01 Å². The molecule has 1 fully saturated rings. The molecule has 0 bridgehead atoms. The molecule has 1 atom stereocenters. The number of nitrogens with zero attached hydrogens (tertiary/aromatic N) is 3. The predicted octanol–water partition coefficient (Wildman–Crippen LogP) is -0.591. The molecule has 1 aliphatic heterocycles. The maximum absolute atomic E-state index is 12.2. The van der Waals surface area contributed by atoms with Crippen LogP contribution < -0.4 is 9.46 Å². The van der Waals surface area contributed by atoms with E-state index < -0.39 is 22.2 Å². The molecule has 0 saturated carbocycles. The van der Waals surface area contributed by atoms with Crippen molar-refractivity contribution in [1.82, 2.24) is 19.5 Å². The Morgan fingerprint density at radius 2 is 2.30 bits per heavy atom. The number of rotatable bonds is 5. The highest BCUT2D eigenvalue weighted by atomic mass is 32.2. The van der Waals surface area contributed by atoms with E-state index in [9.17, 15) is 13.2 Å². The molecule has 0 aromatic carbocycles. The van der Waals surface area contributed by atoms with Crippen molar-refractivity contribution in [2.45, 2.75) is 25.3 Å². The van der Waals surface area contributed by atoms with Crippen molar-refractivity contribution in [1.29, 1.82) is 0 Å². The highest BCUT2D eigenvalue weighted by Crippen LogP contribution is 2.21. The molecule has 1 unspecified atom stereocenters. The summed E-state index contributed by atoms with van der Waals surface area (Å²) >= 11 is 0. The van der Waals surface area contributed by atoms with Gasteiger partial charge >= 0.3 is 22.2 Å². The van der Waals surface area contributed by atoms with E-state index in [1.165, 1.54) is 7.11 Å². The summed E-state index contributed by atoms with van der Waals surface area (Å²) < 4.78 is 32.2. The van der Waals surface area contributed by atoms with Gasteiger partial charge < -0.3 is 9.84 Å². The number of H-pyrrole nitrogens is 1. The second kappa shape index (κ2) is 5.63. The number of hydrogen-bond acceptors (Lipinski definition) is 6. The number of piperidine rings is 1. The summed E-state index contributed by atoms with van der Waals surface area (Å²) in [5.74, 6) is -1.29. The Bertz CT molecular complexity index is 585. The molecule has 10 nitrogen and oxygen atoms in total. The molecule has 1 saturated heterocycles. The van der Waals surface area contributed by atoms with Gasteiger partial charge in [0.25, 0.3) is 0 Å². The van der Waals surface area contributed by atoms with E-state index >= 15 is 0 Å². The van der Waals surface area contributed by atoms with E-state index in [4.69, 9.17) is 9.84 Å². The summed E-state index contributed by atoms with van der Waals surface area (Å²) in [4.78, 5) is 14.9. The number of carbonyl (C=O) groups is 1. The molecule has 1 aromatic heterocycles. The number of carboxylic acid groups (broad SMARTS) is 1. The Balaban J connectivity index is 2.17. The maximum Gasteiger partial charge on any atom is 0.336 e. The average molecular weight is 305 g/mol. The van der Waals surface area contributed by atoms with Gasteiger partial charge in [0.05, 0.1) is 7.11 Å². The number of nitrogens with one attached hydrogen (secondary N) is 2. The minimum absolute atomic E-state index is 0.0175. The molecular formula is C9H15N5O5S. The van der Waals surface area contributed by atoms with Crippen molar-refractivity contribution in [3.05, 3.63) is 0 Å². The monoisotopic (exact) mass is 305 g/mol. The molecule has 0 radical (unpaired) electrons. The third kappa shape index (κ3) is 2.99. The standard InChI is InChI=1S/C9H15N5O5S/c1-19-9-10-8(11-12-9)13-20(17,18)14-5-3-2-4-6(14)7(15)16/h6H,2-5H2,1H3,(H,15,16)(H2,10,11,12,13). The first-order valence-corrected chi connectivity index (χ1v) is 7.37. The van der Waals surface area contributed by atoms with Gasteiger partial charge in [-0.25, -0.2) is 9.82 Å². The first kappa shape index (κ1) is 14.5. The van der Waals surface area contributed by atoms with E-state index in [0.717, 1.165) is 4.31 Å². The van der Waals surface area contributed by atoms with Crippen molar-refractivity contribution < 1.29 is 23.1 Å². The first-order chi connectivity index (χ1) is 9.44. The van der Waals surface area contributed by atoms with Crippen LogP contribution in [0.5, 0.6) is 6.01 Å². The summed E-state index contributed by atoms with van der Waals surface area (Å²) in [6.07, 6.45) is 1.58. The summed E-state index contributed by atoms with van der Waals surface area (Å²) in [7, 11) is -2.67. The van der Waals surface area contributed by atoms with E-state index in [0.29, 0.717) is 12.8 Å². The second-order valence-corrected chi connectivity index (χ2v) is 5.86. The zero-order valence-corrected chi connectivity index (χ0v) is 11.6. The zero-order valence-electron chi connectivity index (χ0n) is 10.7. The van der Waals surface area contributed by atoms with Crippen LogP contribution in [0.2, 0.25) is 0 Å². The third-order valence-corrected chi connectivity index (χ3v) is 4.43. The van der Waals surface area contributed by atoms with Crippen LogP contribution in [0.15, 0.2) is 0 Å². The lowest BCUT2D eigenvalue weighted by molar-refractivity contribution is -0.142. The van der Waals surface area contributed by atoms with Crippen molar-refractivity contribution in [3.63, 3.8) is 0 Å². The molecule has 112 valence electrons. The largest absolute Gasteiger partial charge is 0.480 e. The van der Waals surface area contributed by atoms with E-state index in [-0.39, 0.29) is 24.9 Å². The Morgan fingerprint density at radius 1 is 1.55 bits per heavy atom. The number of hydrogen-bond donors (Lipinski definition) is 3. The fourth-order valence-electron chi connectivity index (χ4n) is 2.00. The third-order valence-electron chi connectivity index (χ3n) is 2.92. The van der Waals surface area contributed by atoms with Crippen LogP contribution in [0.1, 0.15) is 19.3 Å². The smallest absolute Gasteiger partial charge is 0.336 e. The fraction of sp³-hybridized carbons (Fsp3) is 0.667. The lowest BCUT2D eigenvalue weighted by Crippen LogP contribution is -2.50. The Kier molecular flexibility index (Phi) is 4.09. The minimum Gasteiger partial charge on any atom is -0.480 e. The predicted molar refractivity (Wildman–Crippen MR) is 67.5 cm³/mol. The van der Waals surface area contributed by atoms with Crippen LogP contribution >= 0.6 is 0 Å². The summed E-state index contributed by atoms with van der Waals surface area (Å²) in [6.45, 7) is 0.150. The van der Waals surface area contributed by atoms with Gasteiger partial charge in [0.15, 0.2) is 0 Å². The van der Waals surface area contributed by atoms with Crippen LogP contribution in [-0.4, -0.2) is 58.7 Å². The van der Waals surface area contributed by atoms with E-state index in [1.807, 2.05) is 0 Å². The SMILES string of the molecule is COc1n[nH]c(NS(=O)(=O)N2CCCCC2C(=O)O)n1. The van der Waals surface area contributed by atoms with Gasteiger partial charge in [-0.3, -0.25) is 4.79 Å². The van der Waals surface area contributed by atoms with Gasteiger partial charge in [-0.2, -0.15) is 17.7 Å². The molecule has 1 aliphatic rings. The van der Waals surface area contributed by atoms with E-state index in [2.05, 4.69) is 19.9 Å². The van der Waals surface area contributed by atoms with Crippen molar-refractivity contribution in [2.75, 3.05) is 18.4 Å². The number of methoxy groups -OCH3 is 1. The molecule has 2 heterocycles. The van der Waals surface area contributed by atoms with Crippen LogP contribution in [0.4, 0.5) is 5.95 Å². The van der Waals surface area contributed by atoms with Gasteiger partial charge in [-0.15, -0.1) is 5.10 Å². The quantitative estimate of drug-likeness (QED) is 0.661. The number of aromatic nitrogens is 3. The van der Waals surface area contributed by atoms with Crippen LogP contribution in [0.3, 0.4) is 0 Å². The second-order valence-electron chi connectivity index (χ2n) is 4.24. The maximum atomic E-state index is 12.2. The normalized spacial score (nSPS) is 20.6. The van der Waals surface area contributed by atoms with Crippen LogP contribution in [0, 0.1) is 0 Å². The van der Waals surface area contributed by atoms with E-state index in [1.54, 1.807) is 0 Å². The molecular weight excluding hydrogens is 290 g/mol. The van der Waals surface area contributed by atoms with Crippen LogP contribution in [-0.2, 0) is 15.0 Å². The molecule has 20 heavy (non-hydrogen) atoms. The molecule has 2 rings (SSSR count). The average Bonchev–Trinajstić information content (AvgIpc) is 2.85. The van der Waals surface area contributed by atoms with Gasteiger partial charge in [0.1, 0.15) is 6.04 Å². The number of ether oxygens (including phenoxy) is 1. The Labute approximate surface area is 115 Å². The van der Waals surface area contributed by atoms with Crippen molar-refractivity contribution in [2.24, 2.45) is 0 Å². The highest BCUT2D eigenvalue weighted by Gasteiger charge is 2.37. The molecule has 0 aliphatic carbocycles. The molecule has 1 aromatic rings. The zero-order chi connectivity index (χ0) is 14.8. The van der Waals surface area contributed by atoms with Crippen molar-refractivity contribution >= 4 is 22.1 Å². The number of aromatic amines is 1. The topological polar surface area (TPSA) is 138 Å². The lowest BCUT2D eigenvalue weighted by Gasteiger charge is -2.31. The summed E-state index contributed by atoms with van der Waals surface area (Å²) in [5.41, 5.74) is 0. The summed E-state index contributed by atoms with van der Waals surface area (Å²) in [5, 5.41) is 15.0. The first-order valence-electron chi connectivity index (χ1n) is 5.93. The lowest BCUT2D eigenvalue weighted by atomic mass is 10.1. The van der Waals surface area contributed by atoms with Crippen LogP contribution in [0.25, 0.3) is 0 Å². The van der Waals surface area contributed by atoms with Gasteiger partial charge in [-0.05, 0) is 19.3 Å². The summed E-state index contributed by atoms with van der Waals surface area (Å²) in [6, 6.07) is -1.08. The number of aliphatic carboxylic acids is 1. The van der Waals surface area contributed by atoms with Gasteiger partial charge in [0.2, 0.25) is 5.95 Å². The molecule has 0 spiro atoms.